The summed E-state index contributed by atoms with van der Waals surface area (Å²) < 4.78 is 5.35. The number of aryl methyl sites for hydroxylation is 2. The lowest BCUT2D eigenvalue weighted by molar-refractivity contribution is -0.127. The number of thioether (sulfide) groups is 1. The van der Waals surface area contributed by atoms with Crippen LogP contribution in [-0.2, 0) is 14.4 Å². The molecule has 2 aromatic carbocycles. The number of nitrogens with one attached hydrogen (secondary N) is 1. The summed E-state index contributed by atoms with van der Waals surface area (Å²) in [5.41, 5.74) is 8.05. The van der Waals surface area contributed by atoms with Gasteiger partial charge < -0.3 is 15.8 Å². The minimum Gasteiger partial charge on any atom is -0.483 e. The number of primary amides is 1. The molecule has 8 nitrogen and oxygen atoms in total. The van der Waals surface area contributed by atoms with Gasteiger partial charge in [0, 0.05) is 11.3 Å². The lowest BCUT2D eigenvalue weighted by Crippen LogP contribution is -2.36. The summed E-state index contributed by atoms with van der Waals surface area (Å²) in [6.45, 7) is 3.02. The highest BCUT2D eigenvalue weighted by atomic mass is 32.2. The first-order valence-corrected chi connectivity index (χ1v) is 10.2. The van der Waals surface area contributed by atoms with Crippen LogP contribution in [0, 0.1) is 13.8 Å². The van der Waals surface area contributed by atoms with Gasteiger partial charge in [0.15, 0.2) is 6.61 Å². The van der Waals surface area contributed by atoms with E-state index in [0.717, 1.165) is 27.8 Å². The van der Waals surface area contributed by atoms with Gasteiger partial charge in [-0.15, -0.1) is 0 Å². The first-order chi connectivity index (χ1) is 14.8. The second kappa shape index (κ2) is 9.48. The molecule has 2 aromatic rings. The van der Waals surface area contributed by atoms with Gasteiger partial charge in [-0.25, -0.2) is 0 Å². The minimum atomic E-state index is -0.634. The molecular formula is C22H21N3O5S. The summed E-state index contributed by atoms with van der Waals surface area (Å²) in [5.74, 6) is -1.33. The molecule has 1 heterocycles. The van der Waals surface area contributed by atoms with Crippen molar-refractivity contribution < 1.29 is 23.9 Å². The van der Waals surface area contributed by atoms with Gasteiger partial charge in [0.25, 0.3) is 17.1 Å². The highest BCUT2D eigenvalue weighted by molar-refractivity contribution is 8.18. The summed E-state index contributed by atoms with van der Waals surface area (Å²) in [7, 11) is 0. The Labute approximate surface area is 183 Å². The molecule has 0 unspecified atom stereocenters. The van der Waals surface area contributed by atoms with E-state index in [2.05, 4.69) is 5.32 Å². The smallest absolute Gasteiger partial charge is 0.294 e. The van der Waals surface area contributed by atoms with Crippen LogP contribution in [0.4, 0.5) is 10.5 Å². The molecule has 0 bridgehead atoms. The fraction of sp³-hybridized carbons (Fsp3) is 0.182. The Kier molecular flexibility index (Phi) is 6.76. The van der Waals surface area contributed by atoms with Crippen LogP contribution in [-0.4, -0.2) is 41.0 Å². The highest BCUT2D eigenvalue weighted by Crippen LogP contribution is 2.34. The van der Waals surface area contributed by atoms with Crippen molar-refractivity contribution in [1.29, 1.82) is 0 Å². The van der Waals surface area contributed by atoms with Crippen LogP contribution >= 0.6 is 11.8 Å². The van der Waals surface area contributed by atoms with Crippen molar-refractivity contribution in [3.63, 3.8) is 0 Å². The zero-order valence-corrected chi connectivity index (χ0v) is 17.8. The minimum absolute atomic E-state index is 0.153. The van der Waals surface area contributed by atoms with E-state index in [1.165, 1.54) is 6.08 Å². The number of amides is 4. The predicted octanol–water partition coefficient (Wildman–Crippen LogP) is 2.84. The molecule has 0 aromatic heterocycles. The third kappa shape index (κ3) is 5.32. The Balaban J connectivity index is 1.74. The second-order valence-electron chi connectivity index (χ2n) is 6.88. The van der Waals surface area contributed by atoms with E-state index >= 15 is 0 Å². The molecule has 0 atom stereocenters. The zero-order valence-electron chi connectivity index (χ0n) is 17.0. The molecule has 0 aliphatic carbocycles. The van der Waals surface area contributed by atoms with E-state index in [-0.39, 0.29) is 11.5 Å². The van der Waals surface area contributed by atoms with Crippen molar-refractivity contribution in [1.82, 2.24) is 4.90 Å². The van der Waals surface area contributed by atoms with Gasteiger partial charge in [-0.05, 0) is 48.9 Å². The number of carbonyl (C=O) groups excluding carboxylic acids is 4. The molecule has 3 N–H and O–H groups in total. The van der Waals surface area contributed by atoms with Crippen molar-refractivity contribution in [2.75, 3.05) is 18.5 Å². The Bertz CT molecular complexity index is 1080. The maximum absolute atomic E-state index is 12.7. The first-order valence-electron chi connectivity index (χ1n) is 9.38. The van der Waals surface area contributed by atoms with Crippen molar-refractivity contribution in [2.45, 2.75) is 13.8 Å². The van der Waals surface area contributed by atoms with E-state index < -0.39 is 29.5 Å². The normalized spacial score (nSPS) is 14.8. The van der Waals surface area contributed by atoms with E-state index in [1.54, 1.807) is 24.3 Å². The van der Waals surface area contributed by atoms with E-state index in [4.69, 9.17) is 10.5 Å². The first kappa shape index (κ1) is 22.1. The maximum Gasteiger partial charge on any atom is 0.294 e. The van der Waals surface area contributed by atoms with E-state index in [9.17, 15) is 19.2 Å². The average molecular weight is 439 g/mol. The number of para-hydroxylation sites is 2. The summed E-state index contributed by atoms with van der Waals surface area (Å²) >= 11 is 0.736. The Morgan fingerprint density at radius 1 is 1.10 bits per heavy atom. The van der Waals surface area contributed by atoms with Gasteiger partial charge in [-0.1, -0.05) is 36.4 Å². The summed E-state index contributed by atoms with van der Waals surface area (Å²) in [6.07, 6.45) is 1.49. The Morgan fingerprint density at radius 2 is 1.77 bits per heavy atom. The van der Waals surface area contributed by atoms with Gasteiger partial charge in [-0.2, -0.15) is 0 Å². The van der Waals surface area contributed by atoms with Gasteiger partial charge >= 0.3 is 0 Å². The lowest BCUT2D eigenvalue weighted by Gasteiger charge is -2.15. The van der Waals surface area contributed by atoms with Crippen molar-refractivity contribution in [3.05, 3.63) is 64.1 Å². The van der Waals surface area contributed by atoms with Gasteiger partial charge in [0.1, 0.15) is 12.3 Å². The SMILES string of the molecule is Cc1cccc(C)c1NC(=O)CN1C(=O)S/C(=C/c2ccccc2OCC(N)=O)C1=O. The summed E-state index contributed by atoms with van der Waals surface area (Å²) in [5, 5.41) is 2.23. The third-order valence-corrected chi connectivity index (χ3v) is 5.40. The molecule has 1 saturated heterocycles. The van der Waals surface area contributed by atoms with Crippen LogP contribution in [0.15, 0.2) is 47.4 Å². The lowest BCUT2D eigenvalue weighted by atomic mass is 10.1. The molecule has 1 aliphatic heterocycles. The highest BCUT2D eigenvalue weighted by Gasteiger charge is 2.36. The number of nitrogens with two attached hydrogens (primary N) is 1. The zero-order chi connectivity index (χ0) is 22.5. The van der Waals surface area contributed by atoms with Crippen LogP contribution in [0.5, 0.6) is 5.75 Å². The summed E-state index contributed by atoms with van der Waals surface area (Å²) in [6, 6.07) is 12.3. The van der Waals surface area contributed by atoms with Gasteiger partial charge in [-0.3, -0.25) is 24.1 Å². The quantitative estimate of drug-likeness (QED) is 0.641. The Morgan fingerprint density at radius 3 is 2.45 bits per heavy atom. The third-order valence-electron chi connectivity index (χ3n) is 4.50. The molecule has 9 heteroatoms. The number of nitrogens with zero attached hydrogens (tertiary/aromatic N) is 1. The van der Waals surface area contributed by atoms with Gasteiger partial charge in [0.2, 0.25) is 5.91 Å². The molecule has 160 valence electrons. The van der Waals surface area contributed by atoms with Crippen LogP contribution in [0.1, 0.15) is 16.7 Å². The van der Waals surface area contributed by atoms with Crippen molar-refractivity contribution >= 4 is 46.5 Å². The Hall–Kier alpha value is -3.59. The largest absolute Gasteiger partial charge is 0.483 e. The number of anilines is 1. The van der Waals surface area contributed by atoms with Crippen molar-refractivity contribution in [2.24, 2.45) is 5.73 Å². The van der Waals surface area contributed by atoms with Gasteiger partial charge in [0.05, 0.1) is 4.91 Å². The maximum atomic E-state index is 12.7. The molecule has 0 saturated carbocycles. The molecule has 0 radical (unpaired) electrons. The molecule has 31 heavy (non-hydrogen) atoms. The van der Waals surface area contributed by atoms with E-state index in [1.807, 2.05) is 32.0 Å². The van der Waals surface area contributed by atoms with Crippen LogP contribution in [0.2, 0.25) is 0 Å². The average Bonchev–Trinajstić information content (AvgIpc) is 2.97. The standard InChI is InChI=1S/C22H21N3O5S/c1-13-6-5-7-14(2)20(13)24-19(27)11-25-21(28)17(31-22(25)29)10-15-8-3-4-9-16(15)30-12-18(23)26/h3-10H,11-12H2,1-2H3,(H2,23,26)(H,24,27)/b17-10+. The molecular weight excluding hydrogens is 418 g/mol. The van der Waals surface area contributed by atoms with Crippen LogP contribution in [0.25, 0.3) is 6.08 Å². The summed E-state index contributed by atoms with van der Waals surface area (Å²) in [4.78, 5) is 49.6. The van der Waals surface area contributed by atoms with E-state index in [0.29, 0.717) is 17.0 Å². The molecule has 4 amide bonds. The molecule has 1 fully saturated rings. The van der Waals surface area contributed by atoms with Crippen LogP contribution in [0.3, 0.4) is 0 Å². The number of ether oxygens (including phenoxy) is 1. The van der Waals surface area contributed by atoms with Crippen molar-refractivity contribution in [3.8, 4) is 5.75 Å². The molecule has 0 spiro atoms. The number of carbonyl (C=O) groups is 4. The van der Waals surface area contributed by atoms with Crippen LogP contribution < -0.4 is 15.8 Å². The predicted molar refractivity (Wildman–Crippen MR) is 118 cm³/mol. The molecule has 1 aliphatic rings. The number of rotatable bonds is 7. The monoisotopic (exact) mass is 439 g/mol. The number of imide groups is 1. The topological polar surface area (TPSA) is 119 Å². The number of hydrogen-bond acceptors (Lipinski definition) is 6. The fourth-order valence-corrected chi connectivity index (χ4v) is 3.82. The molecule has 3 rings (SSSR count). The number of benzene rings is 2. The second-order valence-corrected chi connectivity index (χ2v) is 7.87. The number of hydrogen-bond donors (Lipinski definition) is 2. The fourth-order valence-electron chi connectivity index (χ4n) is 2.99.